The van der Waals surface area contributed by atoms with Crippen molar-refractivity contribution in [2.24, 2.45) is 5.73 Å². The highest BCUT2D eigenvalue weighted by molar-refractivity contribution is 9.10. The first kappa shape index (κ1) is 18.3. The molecule has 7 nitrogen and oxygen atoms in total. The van der Waals surface area contributed by atoms with Gasteiger partial charge in [0.05, 0.1) is 4.92 Å². The molecule has 1 heterocycles. The van der Waals surface area contributed by atoms with E-state index in [9.17, 15) is 18.5 Å². The average molecular weight is 401 g/mol. The maximum atomic E-state index is 12.6. The molecule has 1 aromatic carbocycles. The van der Waals surface area contributed by atoms with Crippen molar-refractivity contribution in [2.75, 3.05) is 13.1 Å². The minimum Gasteiger partial charge on any atom is -0.329 e. The van der Waals surface area contributed by atoms with E-state index in [-0.39, 0.29) is 29.9 Å². The monoisotopic (exact) mass is 399 g/mol. The Morgan fingerprint density at radius 3 is 2.71 bits per heavy atom. The Morgan fingerprint density at radius 2 is 2.14 bits per heavy atom. The molecule has 1 aromatic rings. The predicted molar refractivity (Wildman–Crippen MR) is 84.0 cm³/mol. The van der Waals surface area contributed by atoms with E-state index in [1.807, 2.05) is 0 Å². The third kappa shape index (κ3) is 3.54. The number of rotatable bonds is 4. The number of halogens is 2. The lowest BCUT2D eigenvalue weighted by atomic mass is 10.2. The number of nitrogens with zero attached hydrogens (tertiary/aromatic N) is 2. The first-order valence-corrected chi connectivity index (χ1v) is 8.27. The van der Waals surface area contributed by atoms with Crippen LogP contribution >= 0.6 is 28.3 Å². The Bertz CT molecular complexity index is 640. The van der Waals surface area contributed by atoms with E-state index in [0.717, 1.165) is 0 Å². The Morgan fingerprint density at radius 1 is 1.48 bits per heavy atom. The molecule has 1 fully saturated rings. The maximum absolute atomic E-state index is 12.6. The summed E-state index contributed by atoms with van der Waals surface area (Å²) in [6.45, 7) is 0.550. The summed E-state index contributed by atoms with van der Waals surface area (Å²) >= 11 is 3.15. The second-order valence-electron chi connectivity index (χ2n) is 4.52. The summed E-state index contributed by atoms with van der Waals surface area (Å²) in [5, 5.41) is 11.0. The molecule has 0 spiro atoms. The molecular weight excluding hydrogens is 386 g/mol. The van der Waals surface area contributed by atoms with Gasteiger partial charge in [-0.05, 0) is 25.0 Å². The molecule has 1 aliphatic rings. The molecule has 2 N–H and O–H groups in total. The fraction of sp³-hybridized carbons (Fsp3) is 0.455. The van der Waals surface area contributed by atoms with Gasteiger partial charge in [-0.3, -0.25) is 10.1 Å². The highest BCUT2D eigenvalue weighted by Crippen LogP contribution is 2.32. The third-order valence-electron chi connectivity index (χ3n) is 3.30. The van der Waals surface area contributed by atoms with Crippen LogP contribution in [0.2, 0.25) is 0 Å². The van der Waals surface area contributed by atoms with Crippen molar-refractivity contribution in [2.45, 2.75) is 23.8 Å². The zero-order valence-electron chi connectivity index (χ0n) is 10.9. The van der Waals surface area contributed by atoms with Crippen molar-refractivity contribution < 1.29 is 13.3 Å². The van der Waals surface area contributed by atoms with E-state index in [0.29, 0.717) is 23.9 Å². The number of nitro benzene ring substituents is 1. The van der Waals surface area contributed by atoms with Gasteiger partial charge in [-0.15, -0.1) is 12.4 Å². The van der Waals surface area contributed by atoms with E-state index < -0.39 is 20.6 Å². The largest absolute Gasteiger partial charge is 0.329 e. The molecule has 1 atom stereocenters. The van der Waals surface area contributed by atoms with Gasteiger partial charge in [0.15, 0.2) is 4.90 Å². The molecule has 1 aliphatic heterocycles. The molecule has 10 heteroatoms. The molecular formula is C11H15BrClN3O4S. The van der Waals surface area contributed by atoms with Crippen LogP contribution in [-0.4, -0.2) is 36.8 Å². The topological polar surface area (TPSA) is 107 Å². The van der Waals surface area contributed by atoms with Gasteiger partial charge in [-0.1, -0.05) is 15.9 Å². The van der Waals surface area contributed by atoms with Gasteiger partial charge >= 0.3 is 0 Å². The summed E-state index contributed by atoms with van der Waals surface area (Å²) in [4.78, 5) is 10.0. The number of benzene rings is 1. The normalized spacial score (nSPS) is 19.2. The summed E-state index contributed by atoms with van der Waals surface area (Å²) in [5.41, 5.74) is 5.16. The molecule has 0 radical (unpaired) electrons. The van der Waals surface area contributed by atoms with Gasteiger partial charge in [0, 0.05) is 29.7 Å². The smallest absolute Gasteiger partial charge is 0.289 e. The summed E-state index contributed by atoms with van der Waals surface area (Å²) in [5.74, 6) is 0. The Kier molecular flexibility index (Phi) is 6.11. The lowest BCUT2D eigenvalue weighted by molar-refractivity contribution is -0.387. The van der Waals surface area contributed by atoms with E-state index in [1.54, 1.807) is 0 Å². The van der Waals surface area contributed by atoms with Crippen LogP contribution in [0.5, 0.6) is 0 Å². The second kappa shape index (κ2) is 7.01. The van der Waals surface area contributed by atoms with Crippen LogP contribution in [0.15, 0.2) is 27.6 Å². The van der Waals surface area contributed by atoms with Gasteiger partial charge in [0.2, 0.25) is 10.0 Å². The lowest BCUT2D eigenvalue weighted by Crippen LogP contribution is -2.40. The van der Waals surface area contributed by atoms with Crippen LogP contribution in [0.3, 0.4) is 0 Å². The molecule has 0 aliphatic carbocycles. The molecule has 0 amide bonds. The van der Waals surface area contributed by atoms with Crippen LogP contribution in [0.1, 0.15) is 12.8 Å². The lowest BCUT2D eigenvalue weighted by Gasteiger charge is -2.22. The van der Waals surface area contributed by atoms with Crippen molar-refractivity contribution in [3.8, 4) is 0 Å². The molecule has 0 aromatic heterocycles. The molecule has 118 valence electrons. The highest BCUT2D eigenvalue weighted by Gasteiger charge is 2.38. The van der Waals surface area contributed by atoms with Gasteiger partial charge in [0.25, 0.3) is 5.69 Å². The number of sulfonamides is 1. The summed E-state index contributed by atoms with van der Waals surface area (Å²) in [6.07, 6.45) is 1.39. The van der Waals surface area contributed by atoms with E-state index in [2.05, 4.69) is 15.9 Å². The van der Waals surface area contributed by atoms with Crippen molar-refractivity contribution >= 4 is 44.0 Å². The van der Waals surface area contributed by atoms with Crippen molar-refractivity contribution in [3.63, 3.8) is 0 Å². The van der Waals surface area contributed by atoms with Crippen LogP contribution in [0, 0.1) is 10.1 Å². The minimum atomic E-state index is -3.92. The zero-order chi connectivity index (χ0) is 14.9. The number of hydrogen-bond donors (Lipinski definition) is 1. The summed E-state index contributed by atoms with van der Waals surface area (Å²) in [6, 6.07) is 3.60. The third-order valence-corrected chi connectivity index (χ3v) is 5.77. The van der Waals surface area contributed by atoms with Crippen LogP contribution in [-0.2, 0) is 10.0 Å². The fourth-order valence-electron chi connectivity index (χ4n) is 2.33. The SMILES string of the molecule is Cl.NCC1CCCN1S(=O)(=O)c1cc(Br)ccc1[N+](=O)[O-]. The summed E-state index contributed by atoms with van der Waals surface area (Å²) in [7, 11) is -3.92. The first-order chi connectivity index (χ1) is 9.37. The Balaban J connectivity index is 0.00000220. The van der Waals surface area contributed by atoms with Gasteiger partial charge < -0.3 is 5.73 Å². The molecule has 1 saturated heterocycles. The van der Waals surface area contributed by atoms with Gasteiger partial charge in [-0.25, -0.2) is 8.42 Å². The zero-order valence-corrected chi connectivity index (χ0v) is 14.2. The number of nitrogens with two attached hydrogens (primary N) is 1. The first-order valence-electron chi connectivity index (χ1n) is 6.03. The minimum absolute atomic E-state index is 0. The standard InChI is InChI=1S/C11H14BrN3O4S.ClH/c12-8-3-4-10(15(16)17)11(6-8)20(18,19)14-5-1-2-9(14)7-13;/h3-4,6,9H,1-2,5,7,13H2;1H. The molecule has 0 saturated carbocycles. The summed E-state index contributed by atoms with van der Waals surface area (Å²) < 4.78 is 27.0. The number of nitro groups is 1. The number of hydrogen-bond acceptors (Lipinski definition) is 5. The van der Waals surface area contributed by atoms with Crippen molar-refractivity contribution in [1.29, 1.82) is 0 Å². The van der Waals surface area contributed by atoms with Crippen LogP contribution in [0.4, 0.5) is 5.69 Å². The maximum Gasteiger partial charge on any atom is 0.289 e. The van der Waals surface area contributed by atoms with Crippen LogP contribution < -0.4 is 5.73 Å². The van der Waals surface area contributed by atoms with Crippen LogP contribution in [0.25, 0.3) is 0 Å². The van der Waals surface area contributed by atoms with Crippen molar-refractivity contribution in [3.05, 3.63) is 32.8 Å². The highest BCUT2D eigenvalue weighted by atomic mass is 79.9. The molecule has 0 bridgehead atoms. The van der Waals surface area contributed by atoms with E-state index >= 15 is 0 Å². The van der Waals surface area contributed by atoms with Crippen molar-refractivity contribution in [1.82, 2.24) is 4.31 Å². The molecule has 21 heavy (non-hydrogen) atoms. The van der Waals surface area contributed by atoms with E-state index in [1.165, 1.54) is 22.5 Å². The molecule has 1 unspecified atom stereocenters. The predicted octanol–water partition coefficient (Wildman–Crippen LogP) is 1.89. The quantitative estimate of drug-likeness (QED) is 0.613. The van der Waals surface area contributed by atoms with Gasteiger partial charge in [-0.2, -0.15) is 4.31 Å². The second-order valence-corrected chi connectivity index (χ2v) is 7.29. The van der Waals surface area contributed by atoms with Gasteiger partial charge in [0.1, 0.15) is 0 Å². The van der Waals surface area contributed by atoms with E-state index in [4.69, 9.17) is 5.73 Å². The Hall–Kier alpha value is -0.740. The Labute approximate surface area is 137 Å². The molecule has 2 rings (SSSR count). The fourth-order valence-corrected chi connectivity index (χ4v) is 4.73. The average Bonchev–Trinajstić information content (AvgIpc) is 2.87.